The second-order valence-corrected chi connectivity index (χ2v) is 17.2. The van der Waals surface area contributed by atoms with Crippen molar-refractivity contribution in [1.29, 1.82) is 0 Å². The summed E-state index contributed by atoms with van der Waals surface area (Å²) in [5.74, 6) is 0.118. The molecule has 3 fully saturated rings. The van der Waals surface area contributed by atoms with Crippen molar-refractivity contribution in [1.82, 2.24) is 34.1 Å². The van der Waals surface area contributed by atoms with Crippen LogP contribution in [-0.4, -0.2) is 94.5 Å². The third-order valence-electron chi connectivity index (χ3n) is 9.02. The molecule has 5 N–H and O–H groups in total. The topological polar surface area (TPSA) is 233 Å². The minimum absolute atomic E-state index is 0. The molecule has 1 saturated carbocycles. The standard InChI is InChI=1S/C25H31N9O9P2S2.2Na/c26-21-16-24(31-8-28-21)34(10-32-16)25-20-18(36)14(41-25)7-40-45(38,47)42-19-12(6-39-44(37,46)43-20)4-13(17(19)35)33-5-11-2-1-3-27-22-15(11)23(33)30-9-29-22;;/h5,8-10,12-14,17-20,25,35-36H,1-4,6-7H2,(H,37,46)(H,38,47)(H2,26,28,31)(H,27,29,30);;/q;2*+1/p-2/t12-,13-,14-,17+,18-,19-,20-,25-,44?,45?;;/m1../s1. The van der Waals surface area contributed by atoms with Crippen molar-refractivity contribution in [3.63, 3.8) is 0 Å². The van der Waals surface area contributed by atoms with E-state index in [-0.39, 0.29) is 89.1 Å². The summed E-state index contributed by atoms with van der Waals surface area (Å²) in [5.41, 5.74) is 8.08. The molecule has 0 amide bonds. The molecule has 252 valence electrons. The van der Waals surface area contributed by atoms with Crippen LogP contribution in [0.15, 0.2) is 25.2 Å². The van der Waals surface area contributed by atoms with Crippen molar-refractivity contribution in [2.75, 3.05) is 30.8 Å². The van der Waals surface area contributed by atoms with Crippen LogP contribution in [0.3, 0.4) is 0 Å². The van der Waals surface area contributed by atoms with Crippen LogP contribution in [-0.2, 0) is 62.9 Å². The number of aliphatic hydroxyl groups excluding tert-OH is 2. The van der Waals surface area contributed by atoms with E-state index in [1.807, 2.05) is 10.8 Å². The molecular weight excluding hydrogens is 742 g/mol. The van der Waals surface area contributed by atoms with E-state index in [9.17, 15) is 19.3 Å². The molecule has 4 aromatic rings. The summed E-state index contributed by atoms with van der Waals surface area (Å²) in [6.45, 7) is -8.70. The molecule has 0 spiro atoms. The number of nitrogen functional groups attached to an aromatic ring is 1. The summed E-state index contributed by atoms with van der Waals surface area (Å²) in [4.78, 5) is 21.2. The number of nitrogens with one attached hydrogen (secondary N) is 1. The summed E-state index contributed by atoms with van der Waals surface area (Å²) >= 11 is 10.5. The van der Waals surface area contributed by atoms with Gasteiger partial charge in [-0.25, -0.2) is 24.9 Å². The van der Waals surface area contributed by atoms with Gasteiger partial charge in [-0.2, -0.15) is 0 Å². The van der Waals surface area contributed by atoms with Gasteiger partial charge in [0.1, 0.15) is 54.1 Å². The molecule has 0 radical (unpaired) electrons. The maximum atomic E-state index is 13.7. The Balaban J connectivity index is 0.00000208. The maximum absolute atomic E-state index is 13.7. The van der Waals surface area contributed by atoms with Crippen LogP contribution in [0.4, 0.5) is 11.6 Å². The second-order valence-electron chi connectivity index (χ2n) is 11.8. The van der Waals surface area contributed by atoms with E-state index < -0.39 is 68.9 Å². The SMILES string of the molecule is Nc1ncnc2c1ncn2[C@@H]1O[C@@H]2COP(=O)([S-])O[C@@H]3[C@@H](COP(=O)([S-])O[C@@H]1[C@@H]2O)C[C@@H](n1cc2c4c(ncnc41)NCCC2)[C@@H]3O.[Na+].[Na+]. The van der Waals surface area contributed by atoms with E-state index in [4.69, 9.17) is 53.1 Å². The first-order chi connectivity index (χ1) is 22.5. The molecule has 2 bridgehead atoms. The molecular formula is C25H29N9Na2O9P2S2. The van der Waals surface area contributed by atoms with Crippen LogP contribution >= 0.6 is 13.6 Å². The Labute approximate surface area is 333 Å². The van der Waals surface area contributed by atoms with Gasteiger partial charge in [-0.05, 0) is 24.8 Å². The second kappa shape index (κ2) is 14.8. The summed E-state index contributed by atoms with van der Waals surface area (Å²) in [5, 5.41) is 27.0. The Kier molecular flexibility index (Phi) is 11.6. The molecule has 4 aliphatic rings. The largest absolute Gasteiger partial charge is 1.00 e. The third kappa shape index (κ3) is 7.17. The monoisotopic (exact) mass is 771 g/mol. The van der Waals surface area contributed by atoms with E-state index in [1.165, 1.54) is 23.5 Å². The molecule has 1 aliphatic carbocycles. The van der Waals surface area contributed by atoms with Crippen molar-refractivity contribution >= 4 is 71.9 Å². The zero-order valence-corrected chi connectivity index (χ0v) is 33.8. The number of rotatable bonds is 2. The zero-order valence-electron chi connectivity index (χ0n) is 26.3. The summed E-state index contributed by atoms with van der Waals surface area (Å²) in [7, 11) is 0. The Morgan fingerprint density at radius 3 is 2.43 bits per heavy atom. The van der Waals surface area contributed by atoms with Gasteiger partial charge >= 0.3 is 59.1 Å². The number of imidazole rings is 1. The molecule has 18 nitrogen and oxygen atoms in total. The minimum Gasteiger partial charge on any atom is -0.660 e. The van der Waals surface area contributed by atoms with Crippen molar-refractivity contribution in [3.8, 4) is 0 Å². The fraction of sp³-hybridized carbons (Fsp3) is 0.560. The number of hydrogen-bond donors (Lipinski definition) is 4. The Morgan fingerprint density at radius 1 is 0.918 bits per heavy atom. The number of aryl methyl sites for hydroxylation is 1. The predicted octanol–water partition coefficient (Wildman–Crippen LogP) is -4.47. The van der Waals surface area contributed by atoms with E-state index >= 15 is 0 Å². The van der Waals surface area contributed by atoms with E-state index in [2.05, 4.69) is 30.2 Å². The number of nitrogens with zero attached hydrogens (tertiary/aromatic N) is 7. The molecule has 2 saturated heterocycles. The van der Waals surface area contributed by atoms with Gasteiger partial charge in [0.15, 0.2) is 31.3 Å². The zero-order chi connectivity index (χ0) is 32.7. The fourth-order valence-electron chi connectivity index (χ4n) is 6.85. The number of nitrogens with two attached hydrogens (primary N) is 1. The van der Waals surface area contributed by atoms with Gasteiger partial charge in [-0.3, -0.25) is 13.7 Å². The average molecular weight is 772 g/mol. The Hall–Kier alpha value is -0.350. The number of ether oxygens (including phenoxy) is 1. The first-order valence-corrected chi connectivity index (χ1v) is 19.9. The number of aromatic nitrogens is 7. The van der Waals surface area contributed by atoms with Crippen LogP contribution in [0, 0.1) is 5.92 Å². The van der Waals surface area contributed by atoms with E-state index in [1.54, 1.807) is 0 Å². The van der Waals surface area contributed by atoms with Gasteiger partial charge in [0.25, 0.3) is 0 Å². The minimum atomic E-state index is -4.34. The number of anilines is 2. The summed E-state index contributed by atoms with van der Waals surface area (Å²) in [6.07, 6.45) is 0.213. The average Bonchev–Trinajstić information content (AvgIpc) is 3.74. The smallest absolute Gasteiger partial charge is 0.660 e. The first-order valence-electron chi connectivity index (χ1n) is 14.8. The normalized spacial score (nSPS) is 36.3. The molecule has 24 heteroatoms. The van der Waals surface area contributed by atoms with Crippen molar-refractivity contribution in [2.24, 2.45) is 5.92 Å². The Bertz CT molecular complexity index is 1960. The fourth-order valence-corrected chi connectivity index (χ4v) is 9.76. The third-order valence-corrected chi connectivity index (χ3v) is 12.1. The maximum Gasteiger partial charge on any atom is 1.00 e. The summed E-state index contributed by atoms with van der Waals surface area (Å²) in [6, 6.07) is -0.616. The van der Waals surface area contributed by atoms with Crippen molar-refractivity contribution < 1.29 is 101 Å². The Morgan fingerprint density at radius 2 is 1.63 bits per heavy atom. The molecule has 7 heterocycles. The molecule has 0 aromatic carbocycles. The number of hydrogen-bond acceptors (Lipinski definition) is 18. The number of aliphatic hydroxyl groups is 2. The van der Waals surface area contributed by atoms with Gasteiger partial charge in [0.2, 0.25) is 0 Å². The van der Waals surface area contributed by atoms with Crippen LogP contribution in [0.25, 0.3) is 22.2 Å². The van der Waals surface area contributed by atoms with Gasteiger partial charge in [0, 0.05) is 18.7 Å². The van der Waals surface area contributed by atoms with Crippen LogP contribution in [0.5, 0.6) is 0 Å². The molecule has 3 aliphatic heterocycles. The molecule has 2 unspecified atom stereocenters. The molecule has 10 atom stereocenters. The number of fused-ring (bicyclic) bond motifs is 4. The van der Waals surface area contributed by atoms with Crippen molar-refractivity contribution in [3.05, 3.63) is 30.7 Å². The first kappa shape index (κ1) is 38.4. The molecule has 4 aromatic heterocycles. The molecule has 49 heavy (non-hydrogen) atoms. The van der Waals surface area contributed by atoms with Gasteiger partial charge in [-0.15, -0.1) is 0 Å². The van der Waals surface area contributed by atoms with Crippen LogP contribution in [0.1, 0.15) is 30.7 Å². The van der Waals surface area contributed by atoms with E-state index in [0.29, 0.717) is 11.5 Å². The van der Waals surface area contributed by atoms with Gasteiger partial charge in [0.05, 0.1) is 37.1 Å². The summed E-state index contributed by atoms with van der Waals surface area (Å²) < 4.78 is 59.4. The van der Waals surface area contributed by atoms with Crippen LogP contribution in [0.2, 0.25) is 0 Å². The van der Waals surface area contributed by atoms with E-state index in [0.717, 1.165) is 30.3 Å². The van der Waals surface area contributed by atoms with Gasteiger partial charge < -0.3 is 73.2 Å². The molecule has 8 rings (SSSR count). The van der Waals surface area contributed by atoms with Crippen LogP contribution < -0.4 is 70.2 Å². The predicted molar refractivity (Wildman–Crippen MR) is 169 cm³/mol. The van der Waals surface area contributed by atoms with Gasteiger partial charge in [-0.1, -0.05) is 0 Å². The van der Waals surface area contributed by atoms with Crippen molar-refractivity contribution in [2.45, 2.75) is 62.1 Å². The quantitative estimate of drug-likeness (QED) is 0.0855.